The van der Waals surface area contributed by atoms with E-state index in [1.54, 1.807) is 7.11 Å². The molecule has 0 unspecified atom stereocenters. The molecule has 0 spiro atoms. The minimum atomic E-state index is 0.265. The number of nitrogens with zero attached hydrogens (tertiary/aromatic N) is 1. The maximum atomic E-state index is 10.3. The number of hydrogen-bond donors (Lipinski definition) is 2. The van der Waals surface area contributed by atoms with E-state index in [4.69, 9.17) is 4.74 Å². The molecule has 3 rings (SSSR count). The fourth-order valence-corrected chi connectivity index (χ4v) is 4.20. The van der Waals surface area contributed by atoms with E-state index in [2.05, 4.69) is 30.1 Å². The van der Waals surface area contributed by atoms with Gasteiger partial charge in [0.1, 0.15) is 0 Å². The van der Waals surface area contributed by atoms with Crippen molar-refractivity contribution in [1.29, 1.82) is 0 Å². The molecule has 0 heterocycles. The van der Waals surface area contributed by atoms with E-state index in [0.717, 1.165) is 30.4 Å². The lowest BCUT2D eigenvalue weighted by atomic mass is 9.90. The zero-order valence-electron chi connectivity index (χ0n) is 15.3. The SMILES string of the molecule is CCN(CC)C1CCC(Nc2cc(O)c(OC)c(C3CC3)c2)CC1. The van der Waals surface area contributed by atoms with Crippen molar-refractivity contribution in [1.82, 2.24) is 4.90 Å². The highest BCUT2D eigenvalue weighted by molar-refractivity contribution is 5.60. The van der Waals surface area contributed by atoms with Crippen LogP contribution < -0.4 is 10.1 Å². The average Bonchev–Trinajstić information content (AvgIpc) is 3.42. The summed E-state index contributed by atoms with van der Waals surface area (Å²) in [5.74, 6) is 1.49. The Bertz CT molecular complexity index is 545. The van der Waals surface area contributed by atoms with E-state index < -0.39 is 0 Å². The highest BCUT2D eigenvalue weighted by Gasteiger charge is 2.29. The van der Waals surface area contributed by atoms with Crippen LogP contribution in [0.5, 0.6) is 11.5 Å². The van der Waals surface area contributed by atoms with Gasteiger partial charge in [0, 0.05) is 29.4 Å². The van der Waals surface area contributed by atoms with Crippen LogP contribution in [0.3, 0.4) is 0 Å². The van der Waals surface area contributed by atoms with Gasteiger partial charge in [0.15, 0.2) is 11.5 Å². The second-order valence-corrected chi connectivity index (χ2v) is 7.26. The number of hydrogen-bond acceptors (Lipinski definition) is 4. The van der Waals surface area contributed by atoms with Crippen LogP contribution in [0.15, 0.2) is 12.1 Å². The second-order valence-electron chi connectivity index (χ2n) is 7.26. The van der Waals surface area contributed by atoms with Gasteiger partial charge in [-0.3, -0.25) is 0 Å². The van der Waals surface area contributed by atoms with Gasteiger partial charge in [0.05, 0.1) is 7.11 Å². The Balaban J connectivity index is 1.63. The number of ether oxygens (including phenoxy) is 1. The summed E-state index contributed by atoms with van der Waals surface area (Å²) in [4.78, 5) is 2.58. The summed E-state index contributed by atoms with van der Waals surface area (Å²) >= 11 is 0. The molecule has 2 aliphatic carbocycles. The second kappa shape index (κ2) is 7.64. The van der Waals surface area contributed by atoms with Gasteiger partial charge in [-0.25, -0.2) is 0 Å². The number of phenols is 1. The number of phenolic OH excluding ortho intramolecular Hbond substituents is 1. The molecule has 24 heavy (non-hydrogen) atoms. The molecular weight excluding hydrogens is 300 g/mol. The van der Waals surface area contributed by atoms with E-state index in [-0.39, 0.29) is 5.75 Å². The van der Waals surface area contributed by atoms with Crippen molar-refractivity contribution in [3.63, 3.8) is 0 Å². The topological polar surface area (TPSA) is 44.7 Å². The molecule has 1 aromatic carbocycles. The highest BCUT2D eigenvalue weighted by Crippen LogP contribution is 2.48. The van der Waals surface area contributed by atoms with E-state index in [0.29, 0.717) is 17.7 Å². The molecule has 0 atom stereocenters. The number of anilines is 1. The number of rotatable bonds is 7. The van der Waals surface area contributed by atoms with Crippen LogP contribution in [0.2, 0.25) is 0 Å². The molecule has 2 fully saturated rings. The van der Waals surface area contributed by atoms with Gasteiger partial charge in [-0.05, 0) is 63.6 Å². The summed E-state index contributed by atoms with van der Waals surface area (Å²) < 4.78 is 5.40. The van der Waals surface area contributed by atoms with Crippen LogP contribution in [0.1, 0.15) is 63.9 Å². The van der Waals surface area contributed by atoms with Crippen molar-refractivity contribution < 1.29 is 9.84 Å². The van der Waals surface area contributed by atoms with Crippen molar-refractivity contribution in [3.05, 3.63) is 17.7 Å². The molecule has 2 aliphatic rings. The minimum absolute atomic E-state index is 0.265. The van der Waals surface area contributed by atoms with Crippen molar-refractivity contribution >= 4 is 5.69 Å². The lowest BCUT2D eigenvalue weighted by Gasteiger charge is -2.36. The standard InChI is InChI=1S/C20H32N2O2/c1-4-22(5-2)17-10-8-15(9-11-17)21-16-12-18(14-6-7-14)20(24-3)19(23)13-16/h12-15,17,21,23H,4-11H2,1-3H3. The summed E-state index contributed by atoms with van der Waals surface area (Å²) in [6.45, 7) is 6.81. The Morgan fingerprint density at radius 2 is 1.75 bits per heavy atom. The number of methoxy groups -OCH3 is 1. The first-order chi connectivity index (χ1) is 11.7. The van der Waals surface area contributed by atoms with Crippen LogP contribution in [-0.2, 0) is 0 Å². The molecule has 2 N–H and O–H groups in total. The molecule has 0 aliphatic heterocycles. The van der Waals surface area contributed by atoms with Crippen LogP contribution in [0, 0.1) is 0 Å². The average molecular weight is 332 g/mol. The van der Waals surface area contributed by atoms with E-state index in [1.165, 1.54) is 38.5 Å². The summed E-state index contributed by atoms with van der Waals surface area (Å²) in [6, 6.07) is 5.26. The molecule has 0 aromatic heterocycles. The quantitative estimate of drug-likeness (QED) is 0.779. The van der Waals surface area contributed by atoms with E-state index >= 15 is 0 Å². The first kappa shape index (κ1) is 17.4. The summed E-state index contributed by atoms with van der Waals surface area (Å²) in [6.07, 6.45) is 7.33. The third-order valence-corrected chi connectivity index (χ3v) is 5.72. The van der Waals surface area contributed by atoms with Crippen molar-refractivity contribution in [2.24, 2.45) is 0 Å². The monoisotopic (exact) mass is 332 g/mol. The summed E-state index contributed by atoms with van der Waals surface area (Å²) in [7, 11) is 1.64. The third-order valence-electron chi connectivity index (χ3n) is 5.72. The Kier molecular flexibility index (Phi) is 5.54. The smallest absolute Gasteiger partial charge is 0.164 e. The van der Waals surface area contributed by atoms with Crippen LogP contribution in [0.25, 0.3) is 0 Å². The summed E-state index contributed by atoms with van der Waals surface area (Å²) in [5, 5.41) is 13.9. The van der Waals surface area contributed by atoms with Crippen LogP contribution >= 0.6 is 0 Å². The number of aromatic hydroxyl groups is 1. The molecule has 4 nitrogen and oxygen atoms in total. The molecule has 0 amide bonds. The zero-order valence-corrected chi connectivity index (χ0v) is 15.3. The molecule has 2 saturated carbocycles. The fourth-order valence-electron chi connectivity index (χ4n) is 4.20. The lowest BCUT2D eigenvalue weighted by molar-refractivity contribution is 0.167. The maximum absolute atomic E-state index is 10.3. The van der Waals surface area contributed by atoms with Crippen molar-refractivity contribution in [2.75, 3.05) is 25.5 Å². The Morgan fingerprint density at radius 3 is 2.29 bits per heavy atom. The molecule has 134 valence electrons. The van der Waals surface area contributed by atoms with Gasteiger partial charge in [-0.15, -0.1) is 0 Å². The van der Waals surface area contributed by atoms with E-state index in [9.17, 15) is 5.11 Å². The molecule has 1 aromatic rings. The highest BCUT2D eigenvalue weighted by atomic mass is 16.5. The Labute approximate surface area is 146 Å². The van der Waals surface area contributed by atoms with Crippen LogP contribution in [-0.4, -0.2) is 42.3 Å². The Morgan fingerprint density at radius 1 is 1.08 bits per heavy atom. The predicted octanol–water partition coefficient (Wildman–Crippen LogP) is 4.34. The molecule has 0 radical (unpaired) electrons. The largest absolute Gasteiger partial charge is 0.504 e. The van der Waals surface area contributed by atoms with Gasteiger partial charge in [-0.2, -0.15) is 0 Å². The molecular formula is C20H32N2O2. The maximum Gasteiger partial charge on any atom is 0.164 e. The van der Waals surface area contributed by atoms with Crippen molar-refractivity contribution in [3.8, 4) is 11.5 Å². The molecule has 0 saturated heterocycles. The first-order valence-corrected chi connectivity index (χ1v) is 9.57. The van der Waals surface area contributed by atoms with Gasteiger partial charge >= 0.3 is 0 Å². The fraction of sp³-hybridized carbons (Fsp3) is 0.700. The number of nitrogens with one attached hydrogen (secondary N) is 1. The molecule has 0 bridgehead atoms. The third kappa shape index (κ3) is 3.80. The first-order valence-electron chi connectivity index (χ1n) is 9.57. The minimum Gasteiger partial charge on any atom is -0.504 e. The van der Waals surface area contributed by atoms with Gasteiger partial charge in [-0.1, -0.05) is 13.8 Å². The lowest BCUT2D eigenvalue weighted by Crippen LogP contribution is -2.40. The van der Waals surface area contributed by atoms with Gasteiger partial charge < -0.3 is 20.1 Å². The van der Waals surface area contributed by atoms with Crippen molar-refractivity contribution in [2.45, 2.75) is 70.4 Å². The Hall–Kier alpha value is -1.42. The molecule has 4 heteroatoms. The van der Waals surface area contributed by atoms with Gasteiger partial charge in [0.25, 0.3) is 0 Å². The van der Waals surface area contributed by atoms with E-state index in [1.807, 2.05) is 6.07 Å². The zero-order chi connectivity index (χ0) is 17.1. The normalized spacial score (nSPS) is 24.2. The predicted molar refractivity (Wildman–Crippen MR) is 99.2 cm³/mol. The number of benzene rings is 1. The van der Waals surface area contributed by atoms with Crippen LogP contribution in [0.4, 0.5) is 5.69 Å². The summed E-state index contributed by atoms with van der Waals surface area (Å²) in [5.41, 5.74) is 2.21. The van der Waals surface area contributed by atoms with Gasteiger partial charge in [0.2, 0.25) is 0 Å².